The summed E-state index contributed by atoms with van der Waals surface area (Å²) in [5.41, 5.74) is 20.9. The molecule has 9 fully saturated rings. The number of hydrogen-bond donors (Lipinski definition) is 6. The van der Waals surface area contributed by atoms with Gasteiger partial charge in [-0.3, -0.25) is 47.3 Å². The highest BCUT2D eigenvalue weighted by atomic mass is 32.2. The first-order valence-corrected chi connectivity index (χ1v) is 50.6. The maximum absolute atomic E-state index is 16.0. The molecular formula is C95H117N15O15S4. The van der Waals surface area contributed by atoms with Gasteiger partial charge >= 0.3 is 12.1 Å². The number of urea groups is 1. The number of likely N-dealkylation sites (tertiary alicyclic amines) is 3. The minimum absolute atomic E-state index is 0.00604. The number of nitrogens with one attached hydrogen (secondary N) is 4. The third-order valence-corrected chi connectivity index (χ3v) is 34.3. The van der Waals surface area contributed by atoms with Crippen LogP contribution in [-0.4, -0.2) is 186 Å². The van der Waals surface area contributed by atoms with E-state index in [1.807, 2.05) is 151 Å². The molecule has 6 aliphatic carbocycles. The number of nitrogens with two attached hydrogens (primary N) is 2. The second-order valence-corrected chi connectivity index (χ2v) is 44.3. The largest absolute Gasteiger partial charge is 0.459 e. The van der Waals surface area contributed by atoms with Crippen molar-refractivity contribution in [3.05, 3.63) is 132 Å². The molecule has 17 rings (SSSR count). The van der Waals surface area contributed by atoms with Crippen LogP contribution in [0.3, 0.4) is 0 Å². The molecule has 686 valence electrons. The number of thiazole rings is 2. The maximum Gasteiger partial charge on any atom is 0.408 e. The number of rotatable bonds is 38. The molecule has 4 aromatic heterocycles. The number of amides is 9. The molecule has 3 saturated heterocycles. The van der Waals surface area contributed by atoms with Crippen molar-refractivity contribution in [2.24, 2.45) is 52.9 Å². The van der Waals surface area contributed by atoms with Gasteiger partial charge in [0.1, 0.15) is 63.5 Å². The van der Waals surface area contributed by atoms with Gasteiger partial charge in [0.2, 0.25) is 55.5 Å². The van der Waals surface area contributed by atoms with Gasteiger partial charge in [0, 0.05) is 82.9 Å². The van der Waals surface area contributed by atoms with Crippen molar-refractivity contribution in [3.63, 3.8) is 0 Å². The van der Waals surface area contributed by atoms with Crippen LogP contribution in [0.1, 0.15) is 207 Å². The summed E-state index contributed by atoms with van der Waals surface area (Å²) >= 11 is 2.94. The van der Waals surface area contributed by atoms with Crippen molar-refractivity contribution in [1.29, 1.82) is 0 Å². The molecule has 13 unspecified atom stereocenters. The predicted octanol–water partition coefficient (Wildman–Crippen LogP) is 13.8. The van der Waals surface area contributed by atoms with Crippen LogP contribution in [0.15, 0.2) is 126 Å². The molecule has 9 aliphatic rings. The van der Waals surface area contributed by atoms with Gasteiger partial charge in [-0.1, -0.05) is 111 Å². The number of hydrogen-bond acceptors (Lipinski definition) is 21. The smallest absolute Gasteiger partial charge is 0.408 e. The molecule has 129 heavy (non-hydrogen) atoms. The first-order valence-electron chi connectivity index (χ1n) is 45.9. The first kappa shape index (κ1) is 90.4. The summed E-state index contributed by atoms with van der Waals surface area (Å²) in [5.74, 6) is -3.77. The number of nitrogens with zero attached hydrogens (tertiary/aromatic N) is 9. The average molecular weight is 1840 g/mol. The van der Waals surface area contributed by atoms with Crippen LogP contribution in [0, 0.1) is 41.4 Å². The van der Waals surface area contributed by atoms with E-state index in [9.17, 15) is 45.6 Å². The van der Waals surface area contributed by atoms with Crippen LogP contribution < -0.4 is 41.0 Å². The van der Waals surface area contributed by atoms with Gasteiger partial charge in [-0.05, 0) is 216 Å². The minimum atomic E-state index is -3.86. The number of imidazole rings is 2. The molecule has 0 radical (unpaired) electrons. The fraction of sp³-hybridized carbons (Fsp3) is 0.537. The molecule has 34 heteroatoms. The second kappa shape index (κ2) is 37.0. The Bertz CT molecular complexity index is 5880. The third-order valence-electron chi connectivity index (χ3n) is 28.2. The van der Waals surface area contributed by atoms with E-state index in [2.05, 4.69) is 39.1 Å². The van der Waals surface area contributed by atoms with Crippen LogP contribution in [0.5, 0.6) is 12.0 Å². The number of fused-ring (bicyclic) bond motifs is 3. The van der Waals surface area contributed by atoms with Gasteiger partial charge < -0.3 is 51.0 Å². The molecule has 3 aliphatic heterocycles. The number of allylic oxidation sites excluding steroid dienone is 4. The van der Waals surface area contributed by atoms with Crippen LogP contribution in [0.4, 0.5) is 9.59 Å². The monoisotopic (exact) mass is 1840 g/mol. The van der Waals surface area contributed by atoms with Gasteiger partial charge in [0.25, 0.3) is 12.0 Å². The predicted molar refractivity (Wildman–Crippen MR) is 492 cm³/mol. The van der Waals surface area contributed by atoms with E-state index in [1.54, 1.807) is 18.7 Å². The van der Waals surface area contributed by atoms with E-state index in [1.165, 1.54) is 32.5 Å². The molecule has 30 nitrogen and oxygen atoms in total. The Hall–Kier alpha value is -10.6. The Kier molecular flexibility index (Phi) is 25.9. The van der Waals surface area contributed by atoms with Crippen molar-refractivity contribution in [1.82, 2.24) is 63.8 Å². The molecule has 7 heterocycles. The van der Waals surface area contributed by atoms with Crippen molar-refractivity contribution in [2.45, 2.75) is 253 Å². The van der Waals surface area contributed by atoms with Crippen molar-refractivity contribution in [3.8, 4) is 55.7 Å². The molecule has 0 bridgehead atoms. The van der Waals surface area contributed by atoms with Gasteiger partial charge in [-0.25, -0.2) is 36.4 Å². The summed E-state index contributed by atoms with van der Waals surface area (Å²) < 4.78 is 78.9. The lowest BCUT2D eigenvalue weighted by molar-refractivity contribution is -0.139. The van der Waals surface area contributed by atoms with E-state index >= 15 is 9.59 Å². The fourth-order valence-corrected chi connectivity index (χ4v) is 23.8. The summed E-state index contributed by atoms with van der Waals surface area (Å²) in [5, 5.41) is 11.5. The van der Waals surface area contributed by atoms with Gasteiger partial charge in [-0.15, -0.1) is 22.7 Å². The number of ether oxygens (including phenoxy) is 3. The molecule has 8 aromatic rings. The molecular weight excluding hydrogens is 1720 g/mol. The quantitative estimate of drug-likeness (QED) is 0.0155. The summed E-state index contributed by atoms with van der Waals surface area (Å²) in [4.78, 5) is 140. The van der Waals surface area contributed by atoms with E-state index in [4.69, 9.17) is 45.6 Å². The van der Waals surface area contributed by atoms with E-state index < -0.39 is 125 Å². The van der Waals surface area contributed by atoms with Crippen molar-refractivity contribution in [2.75, 3.05) is 26.2 Å². The number of primary amides is 2. The molecule has 4 aromatic carbocycles. The molecule has 9 amide bonds. The highest BCUT2D eigenvalue weighted by Gasteiger charge is 2.56. The van der Waals surface area contributed by atoms with Crippen LogP contribution in [0.2, 0.25) is 0 Å². The molecule has 13 atom stereocenters. The van der Waals surface area contributed by atoms with E-state index in [0.717, 1.165) is 63.4 Å². The summed E-state index contributed by atoms with van der Waals surface area (Å²) in [6.45, 7) is 14.4. The highest BCUT2D eigenvalue weighted by Crippen LogP contribution is 2.58. The minimum Gasteiger partial charge on any atom is -0.459 e. The number of benzene rings is 4. The lowest BCUT2D eigenvalue weighted by Gasteiger charge is -2.29. The standard InChI is InChI=1S/C95H117N15O15S4/c1-54(2)109-76-33-23-31-66(86-98-74(52-126-86)58-25-14-11-15-26-58)80(76)102-91(109)123-64-48-79(83(97)112)108(51-64)89(116)73(101-93(118)125-63-46-67-56(5)68(67)47-63)35-34-57(24-19-20-30-61-43-70(61)85(114)105-129(121,122)95(7)38-39-95)62-44-71(87-99-75(53-127-87)59-27-16-12-17-28-59)81-77(45-62)110(55(3)4)92(103-81)124-65-49-78(82(96)111)107(50-65)88(115)72(100-90(117)106-40-21-22-41-106)32-18-10-8-9-13-29-60-42-69(60)84(113)104-128(119,120)94(6)36-37-94/h11-17,20,23,25-31,33,44-45,52-57,60-61,63-65,67-70,72-73,78-79H,8-10,18-19,21-22,24,32,34-43,46-51H2,1-7H3,(H2,96,111)(H2,97,112)(H,100,117)(H,101,118)(H,104,113)(H,105,114). The number of carbonyl (C=O) groups excluding carboxylic acids is 8. The van der Waals surface area contributed by atoms with Gasteiger partial charge in [0.05, 0.1) is 45.0 Å². The Morgan fingerprint density at radius 2 is 1.05 bits per heavy atom. The number of alkyl carbamates (subject to hydrolysis) is 1. The summed E-state index contributed by atoms with van der Waals surface area (Å²) in [6.07, 6.45) is 15.4. The number of sulfonamides is 2. The number of unbranched alkanes of at least 4 members (excludes halogenated alkanes) is 3. The van der Waals surface area contributed by atoms with Crippen molar-refractivity contribution < 1.29 is 69.4 Å². The van der Waals surface area contributed by atoms with Crippen LogP contribution >= 0.6 is 22.7 Å². The number of carbonyl (C=O) groups is 8. The Labute approximate surface area is 760 Å². The molecule has 8 N–H and O–H groups in total. The summed E-state index contributed by atoms with van der Waals surface area (Å²) in [6, 6.07) is 24.8. The normalized spacial score (nSPS) is 24.8. The zero-order valence-corrected chi connectivity index (χ0v) is 77.3. The number of para-hydroxylation sites is 1. The number of aromatic nitrogens is 6. The molecule has 6 saturated carbocycles. The topological polar surface area (TPSA) is 404 Å². The fourth-order valence-electron chi connectivity index (χ4n) is 19.5. The average Bonchev–Trinajstić information content (AvgIpc) is 1.60. The lowest BCUT2D eigenvalue weighted by atomic mass is 9.87. The Balaban J connectivity index is 0.664. The Morgan fingerprint density at radius 3 is 1.57 bits per heavy atom. The lowest BCUT2D eigenvalue weighted by Crippen LogP contribution is -2.54. The van der Waals surface area contributed by atoms with Gasteiger partial charge in [0.15, 0.2) is 0 Å². The first-order chi connectivity index (χ1) is 61.8. The van der Waals surface area contributed by atoms with Crippen LogP contribution in [0.25, 0.3) is 65.7 Å². The zero-order chi connectivity index (χ0) is 90.7. The Morgan fingerprint density at radius 1 is 0.550 bits per heavy atom. The zero-order valence-electron chi connectivity index (χ0n) is 74.1. The van der Waals surface area contributed by atoms with Gasteiger partial charge in [-0.2, -0.15) is 9.97 Å². The third kappa shape index (κ3) is 19.6. The van der Waals surface area contributed by atoms with Crippen molar-refractivity contribution >= 4 is 112 Å². The summed E-state index contributed by atoms with van der Waals surface area (Å²) in [7, 11) is -7.59. The maximum atomic E-state index is 16.0. The highest BCUT2D eigenvalue weighted by molar-refractivity contribution is 7.92. The van der Waals surface area contributed by atoms with E-state index in [-0.39, 0.29) is 93.3 Å². The van der Waals surface area contributed by atoms with E-state index in [0.29, 0.717) is 141 Å². The van der Waals surface area contributed by atoms with Crippen LogP contribution in [-0.2, 0) is 53.6 Å². The molecule has 0 spiro atoms. The second-order valence-electron chi connectivity index (χ2n) is 38.2. The SMILES string of the molecule is CC1C2CC(OC(=O)NC(CCC(CCC=CC3CC3C(=O)NS(=O)(=O)C3(C)CC3)c3cc(-c4nc(-c5ccccc5)cs4)c4nc(OC5CC(C(N)=O)N(C(=O)C(CCCCCC=CC6CC6C(=O)NS(=O)(=O)C6(C)CC6)NC(=O)N6CCCC6)C5)n(C(C)C)c4c3)C(=O)N3CC(Oc4nc5c(-c6nc(-c7ccccc7)cs6)cccc5n4C(C)C)CC3C(N)=O)CC12.